The van der Waals surface area contributed by atoms with Crippen molar-refractivity contribution < 1.29 is 14.3 Å². The lowest BCUT2D eigenvalue weighted by molar-refractivity contribution is 0.0155. The highest BCUT2D eigenvalue weighted by molar-refractivity contribution is 6.44. The Balaban J connectivity index is 1.64. The van der Waals surface area contributed by atoms with E-state index in [1.807, 2.05) is 25.7 Å². The summed E-state index contributed by atoms with van der Waals surface area (Å²) >= 11 is 12.7. The molecular weight excluding hydrogens is 505 g/mol. The van der Waals surface area contributed by atoms with Gasteiger partial charge >= 0.3 is 12.1 Å². The minimum Gasteiger partial charge on any atom is -0.462 e. The Hall–Kier alpha value is -2.61. The van der Waals surface area contributed by atoms with Crippen molar-refractivity contribution in [3.05, 3.63) is 27.8 Å². The number of amides is 1. The van der Waals surface area contributed by atoms with Gasteiger partial charge in [-0.2, -0.15) is 9.97 Å². The number of anilines is 1. The number of carbonyl (C=O) groups excluding carboxylic acids is 1. The number of pyridine rings is 1. The highest BCUT2D eigenvalue weighted by Gasteiger charge is 2.36. The number of fused-ring (bicyclic) bond motifs is 1. The average molecular weight is 536 g/mol. The number of rotatable bonds is 5. The fraction of sp³-hybridized carbons (Fsp3) is 0.625. The second-order valence-corrected chi connectivity index (χ2v) is 10.9. The number of likely N-dealkylation sites (N-methyl/N-ethyl adjacent to an activating group) is 1. The van der Waals surface area contributed by atoms with Gasteiger partial charge in [-0.25, -0.2) is 16.4 Å². The molecule has 2 atom stereocenters. The number of piperazine rings is 1. The SMILES string of the molecule is [C-]#[N+]C[C@H]1CN(c2nc(OC[C@@H]3CCCN3C)nc3c(Cl)c(Cl)ncc23)CCN1C(=O)OC(C)(C)C. The predicted octanol–water partition coefficient (Wildman–Crippen LogP) is 4.15. The Kier molecular flexibility index (Phi) is 7.93. The Bertz CT molecular complexity index is 1170. The van der Waals surface area contributed by atoms with Crippen molar-refractivity contribution in [2.75, 3.05) is 51.3 Å². The molecule has 0 unspecified atom stereocenters. The van der Waals surface area contributed by atoms with Crippen LogP contribution in [0.4, 0.5) is 10.6 Å². The number of hydrogen-bond acceptors (Lipinski definition) is 8. The van der Waals surface area contributed by atoms with Gasteiger partial charge in [0.25, 0.3) is 0 Å². The fourth-order valence-corrected chi connectivity index (χ4v) is 4.87. The Labute approximate surface area is 221 Å². The molecule has 2 saturated heterocycles. The first-order valence-electron chi connectivity index (χ1n) is 12.0. The first-order valence-corrected chi connectivity index (χ1v) is 12.8. The molecule has 0 aliphatic carbocycles. The monoisotopic (exact) mass is 535 g/mol. The maximum absolute atomic E-state index is 12.8. The Morgan fingerprint density at radius 3 is 2.67 bits per heavy atom. The van der Waals surface area contributed by atoms with E-state index in [0.717, 1.165) is 19.4 Å². The van der Waals surface area contributed by atoms with Crippen molar-refractivity contribution in [1.82, 2.24) is 24.8 Å². The number of aromatic nitrogens is 3. The van der Waals surface area contributed by atoms with Crippen LogP contribution >= 0.6 is 23.2 Å². The highest BCUT2D eigenvalue weighted by Crippen LogP contribution is 2.34. The quantitative estimate of drug-likeness (QED) is 0.416. The van der Waals surface area contributed by atoms with Gasteiger partial charge in [0.2, 0.25) is 6.54 Å². The van der Waals surface area contributed by atoms with E-state index in [4.69, 9.17) is 44.2 Å². The van der Waals surface area contributed by atoms with Crippen LogP contribution in [-0.2, 0) is 4.74 Å². The average Bonchev–Trinajstić information content (AvgIpc) is 3.23. The second kappa shape index (κ2) is 10.8. The number of ether oxygens (including phenoxy) is 2. The molecule has 0 bridgehead atoms. The molecule has 12 heteroatoms. The molecule has 10 nitrogen and oxygen atoms in total. The summed E-state index contributed by atoms with van der Waals surface area (Å²) in [6.45, 7) is 15.8. The van der Waals surface area contributed by atoms with Crippen LogP contribution in [-0.4, -0.2) is 94.9 Å². The highest BCUT2D eigenvalue weighted by atomic mass is 35.5. The van der Waals surface area contributed by atoms with Crippen LogP contribution in [0.5, 0.6) is 6.01 Å². The minimum atomic E-state index is -0.624. The third-order valence-electron chi connectivity index (χ3n) is 6.39. The van der Waals surface area contributed by atoms with Gasteiger partial charge < -0.3 is 24.1 Å². The zero-order valence-electron chi connectivity index (χ0n) is 21.0. The summed E-state index contributed by atoms with van der Waals surface area (Å²) in [5.41, 5.74) is -0.172. The standard InChI is InChI=1S/C24H31Cl2N7O3/c1-24(2,3)36-23(34)33-10-9-32(13-16(33)11-27-4)21-17-12-28-20(26)18(25)19(17)29-22(30-21)35-14-15-7-6-8-31(15)5/h12,15-16H,6-11,13-14H2,1-3,5H3/t15-,16-/m0/s1. The normalized spacial score (nSPS) is 21.0. The van der Waals surface area contributed by atoms with Crippen molar-refractivity contribution in [2.45, 2.75) is 51.3 Å². The molecule has 0 aromatic carbocycles. The van der Waals surface area contributed by atoms with Crippen molar-refractivity contribution in [2.24, 2.45) is 0 Å². The van der Waals surface area contributed by atoms with Crippen LogP contribution in [0.2, 0.25) is 10.2 Å². The van der Waals surface area contributed by atoms with Gasteiger partial charge in [0.1, 0.15) is 39.8 Å². The maximum atomic E-state index is 12.8. The molecule has 0 N–H and O–H groups in total. The molecule has 0 radical (unpaired) electrons. The molecule has 2 aliphatic heterocycles. The van der Waals surface area contributed by atoms with E-state index in [1.165, 1.54) is 0 Å². The number of hydrogen-bond donors (Lipinski definition) is 0. The van der Waals surface area contributed by atoms with E-state index in [9.17, 15) is 4.79 Å². The van der Waals surface area contributed by atoms with Gasteiger partial charge in [0, 0.05) is 31.9 Å². The lowest BCUT2D eigenvalue weighted by atomic mass is 10.1. The molecule has 194 valence electrons. The zero-order valence-corrected chi connectivity index (χ0v) is 22.5. The van der Waals surface area contributed by atoms with Crippen LogP contribution in [0, 0.1) is 6.57 Å². The van der Waals surface area contributed by atoms with Crippen LogP contribution < -0.4 is 9.64 Å². The van der Waals surface area contributed by atoms with Gasteiger partial charge in [0.15, 0.2) is 0 Å². The molecule has 0 spiro atoms. The van der Waals surface area contributed by atoms with E-state index >= 15 is 0 Å². The fourth-order valence-electron chi connectivity index (χ4n) is 4.54. The van der Waals surface area contributed by atoms with Crippen molar-refractivity contribution in [3.63, 3.8) is 0 Å². The third-order valence-corrected chi connectivity index (χ3v) is 7.13. The summed E-state index contributed by atoms with van der Waals surface area (Å²) in [5.74, 6) is 0.583. The molecule has 4 heterocycles. The first-order chi connectivity index (χ1) is 17.1. The summed E-state index contributed by atoms with van der Waals surface area (Å²) in [6, 6.07) is 0.131. The van der Waals surface area contributed by atoms with Crippen LogP contribution in [0.1, 0.15) is 33.6 Å². The molecule has 2 aliphatic rings. The lowest BCUT2D eigenvalue weighted by Gasteiger charge is -2.40. The number of carbonyl (C=O) groups is 1. The summed E-state index contributed by atoms with van der Waals surface area (Å²) in [5, 5.41) is 1.00. The summed E-state index contributed by atoms with van der Waals surface area (Å²) in [6.07, 6.45) is 3.35. The van der Waals surface area contributed by atoms with Crippen LogP contribution in [0.3, 0.4) is 0 Å². The zero-order chi connectivity index (χ0) is 26.0. The summed E-state index contributed by atoms with van der Waals surface area (Å²) in [4.78, 5) is 35.8. The van der Waals surface area contributed by atoms with Crippen LogP contribution in [0.15, 0.2) is 6.20 Å². The van der Waals surface area contributed by atoms with Gasteiger partial charge in [-0.1, -0.05) is 23.2 Å². The number of nitrogens with zero attached hydrogens (tertiary/aromatic N) is 7. The summed E-state index contributed by atoms with van der Waals surface area (Å²) < 4.78 is 11.6. The van der Waals surface area contributed by atoms with Crippen molar-refractivity contribution in [3.8, 4) is 6.01 Å². The first kappa shape index (κ1) is 26.5. The van der Waals surface area contributed by atoms with E-state index in [2.05, 4.69) is 26.8 Å². The van der Waals surface area contributed by atoms with E-state index in [1.54, 1.807) is 11.1 Å². The molecule has 1 amide bonds. The molecule has 2 aromatic heterocycles. The predicted molar refractivity (Wildman–Crippen MR) is 139 cm³/mol. The molecular formula is C24H31Cl2N7O3. The van der Waals surface area contributed by atoms with E-state index < -0.39 is 11.7 Å². The molecule has 36 heavy (non-hydrogen) atoms. The van der Waals surface area contributed by atoms with Gasteiger partial charge in [-0.3, -0.25) is 4.90 Å². The van der Waals surface area contributed by atoms with Crippen molar-refractivity contribution in [1.29, 1.82) is 0 Å². The Morgan fingerprint density at radius 2 is 2.00 bits per heavy atom. The Morgan fingerprint density at radius 1 is 1.22 bits per heavy atom. The molecule has 4 rings (SSSR count). The molecule has 0 saturated carbocycles. The van der Waals surface area contributed by atoms with E-state index in [0.29, 0.717) is 49.0 Å². The number of halogens is 2. The van der Waals surface area contributed by atoms with Gasteiger partial charge in [-0.15, -0.1) is 0 Å². The van der Waals surface area contributed by atoms with Crippen molar-refractivity contribution >= 4 is 46.0 Å². The topological polar surface area (TPSA) is 88.3 Å². The van der Waals surface area contributed by atoms with Crippen LogP contribution in [0.25, 0.3) is 15.7 Å². The molecule has 2 fully saturated rings. The minimum absolute atomic E-state index is 0.140. The van der Waals surface area contributed by atoms with Gasteiger partial charge in [-0.05, 0) is 47.2 Å². The van der Waals surface area contributed by atoms with E-state index in [-0.39, 0.29) is 28.8 Å². The smallest absolute Gasteiger partial charge is 0.410 e. The lowest BCUT2D eigenvalue weighted by Crippen LogP contribution is -2.57. The van der Waals surface area contributed by atoms with Gasteiger partial charge in [0.05, 0.1) is 5.39 Å². The summed E-state index contributed by atoms with van der Waals surface area (Å²) in [7, 11) is 2.08. The largest absolute Gasteiger partial charge is 0.462 e. The maximum Gasteiger partial charge on any atom is 0.410 e. The molecule has 2 aromatic rings. The number of likely N-dealkylation sites (tertiary alicyclic amines) is 1. The third kappa shape index (κ3) is 5.85. The second-order valence-electron chi connectivity index (χ2n) is 10.2.